The van der Waals surface area contributed by atoms with Gasteiger partial charge >= 0.3 is 0 Å². The van der Waals surface area contributed by atoms with Crippen molar-refractivity contribution in [1.82, 2.24) is 0 Å². The van der Waals surface area contributed by atoms with Gasteiger partial charge in [0.05, 0.1) is 12.7 Å². The van der Waals surface area contributed by atoms with Gasteiger partial charge in [-0.25, -0.2) is 0 Å². The number of rotatable bonds is 3. The van der Waals surface area contributed by atoms with Crippen molar-refractivity contribution in [2.24, 2.45) is 16.7 Å². The first-order chi connectivity index (χ1) is 9.97. The van der Waals surface area contributed by atoms with E-state index in [-0.39, 0.29) is 6.61 Å². The average molecular weight is 304 g/mol. The monoisotopic (exact) mass is 304 g/mol. The Morgan fingerprint density at radius 1 is 1.43 bits per heavy atom. The first-order valence-corrected chi connectivity index (χ1v) is 8.64. The molecule has 0 aliphatic heterocycles. The van der Waals surface area contributed by atoms with Gasteiger partial charge in [0.1, 0.15) is 6.61 Å². The fourth-order valence-corrected chi connectivity index (χ4v) is 4.96. The molecule has 2 saturated carbocycles. The van der Waals surface area contributed by atoms with Crippen LogP contribution in [0.4, 0.5) is 0 Å². The minimum atomic E-state index is -0.0847. The molecule has 0 aromatic carbocycles. The molecular formula is C18H24O2S. The first kappa shape index (κ1) is 15.1. The van der Waals surface area contributed by atoms with E-state index in [2.05, 4.69) is 38.7 Å². The molecule has 1 aromatic rings. The molecule has 0 radical (unpaired) electrons. The molecular weight excluding hydrogens is 280 g/mol. The third-order valence-electron chi connectivity index (χ3n) is 6.11. The van der Waals surface area contributed by atoms with Gasteiger partial charge < -0.3 is 9.84 Å². The van der Waals surface area contributed by atoms with E-state index in [0.717, 1.165) is 11.5 Å². The smallest absolute Gasteiger partial charge is 0.104 e. The van der Waals surface area contributed by atoms with Crippen molar-refractivity contribution in [3.8, 4) is 11.8 Å². The van der Waals surface area contributed by atoms with Crippen LogP contribution in [0.2, 0.25) is 0 Å². The van der Waals surface area contributed by atoms with Crippen LogP contribution in [0.1, 0.15) is 50.5 Å². The molecule has 1 heterocycles. The molecule has 0 amide bonds. The van der Waals surface area contributed by atoms with Gasteiger partial charge in [0.2, 0.25) is 0 Å². The lowest BCUT2D eigenvalue weighted by Gasteiger charge is -2.38. The largest absolute Gasteiger partial charge is 0.384 e. The Morgan fingerprint density at radius 2 is 2.24 bits per heavy atom. The van der Waals surface area contributed by atoms with Crippen molar-refractivity contribution in [2.75, 3.05) is 6.61 Å². The molecule has 3 unspecified atom stereocenters. The molecule has 2 aliphatic rings. The summed E-state index contributed by atoms with van der Waals surface area (Å²) in [5, 5.41) is 10.8. The van der Waals surface area contributed by atoms with Crippen molar-refractivity contribution in [2.45, 2.75) is 52.7 Å². The zero-order chi connectivity index (χ0) is 15.1. The van der Waals surface area contributed by atoms with Gasteiger partial charge in [0.25, 0.3) is 0 Å². The summed E-state index contributed by atoms with van der Waals surface area (Å²) >= 11 is 1.69. The summed E-state index contributed by atoms with van der Waals surface area (Å²) in [4.78, 5) is 1.22. The van der Waals surface area contributed by atoms with Crippen LogP contribution in [0.5, 0.6) is 0 Å². The highest BCUT2D eigenvalue weighted by Gasteiger charge is 2.61. The molecule has 3 atom stereocenters. The van der Waals surface area contributed by atoms with Crippen LogP contribution >= 0.6 is 11.3 Å². The van der Waals surface area contributed by atoms with Crippen LogP contribution in [-0.2, 0) is 11.3 Å². The Bertz CT molecular complexity index is 578. The number of hydrogen-bond acceptors (Lipinski definition) is 3. The maximum Gasteiger partial charge on any atom is 0.104 e. The lowest BCUT2D eigenvalue weighted by Crippen LogP contribution is -2.37. The predicted molar refractivity (Wildman–Crippen MR) is 86.1 cm³/mol. The van der Waals surface area contributed by atoms with E-state index in [1.165, 1.54) is 24.1 Å². The molecule has 2 aliphatic carbocycles. The van der Waals surface area contributed by atoms with Crippen molar-refractivity contribution in [3.05, 3.63) is 21.9 Å². The highest BCUT2D eigenvalue weighted by molar-refractivity contribution is 7.10. The number of hydrogen-bond donors (Lipinski definition) is 1. The molecule has 0 spiro atoms. The maximum absolute atomic E-state index is 8.72. The second-order valence-electron chi connectivity index (χ2n) is 7.17. The summed E-state index contributed by atoms with van der Waals surface area (Å²) < 4.78 is 6.29. The normalized spacial score (nSPS) is 33.0. The molecule has 2 nitrogen and oxygen atoms in total. The summed E-state index contributed by atoms with van der Waals surface area (Å²) in [6, 6.07) is 2.08. The molecule has 3 heteroatoms. The van der Waals surface area contributed by atoms with E-state index in [0.29, 0.717) is 23.5 Å². The second-order valence-corrected chi connectivity index (χ2v) is 8.17. The third-order valence-corrected chi connectivity index (χ3v) is 7.02. The molecule has 2 bridgehead atoms. The van der Waals surface area contributed by atoms with E-state index in [1.54, 1.807) is 11.3 Å². The fraction of sp³-hybridized carbons (Fsp3) is 0.667. The van der Waals surface area contributed by atoms with Crippen molar-refractivity contribution >= 4 is 11.3 Å². The van der Waals surface area contributed by atoms with Gasteiger partial charge in [-0.1, -0.05) is 32.6 Å². The van der Waals surface area contributed by atoms with E-state index in [9.17, 15) is 0 Å². The summed E-state index contributed by atoms with van der Waals surface area (Å²) in [6.45, 7) is 7.86. The molecule has 0 saturated heterocycles. The SMILES string of the molecule is CC1(C)C2CCC1(C)C(OCc1cc(C#CCO)cs1)C2. The number of aliphatic hydroxyl groups is 1. The molecule has 3 rings (SSSR count). The van der Waals surface area contributed by atoms with Crippen molar-refractivity contribution in [3.63, 3.8) is 0 Å². The van der Waals surface area contributed by atoms with E-state index < -0.39 is 0 Å². The van der Waals surface area contributed by atoms with Gasteiger partial charge in [-0.3, -0.25) is 0 Å². The zero-order valence-corrected chi connectivity index (χ0v) is 13.9. The highest BCUT2D eigenvalue weighted by Crippen LogP contribution is 2.66. The van der Waals surface area contributed by atoms with Crippen molar-refractivity contribution < 1.29 is 9.84 Å². The molecule has 2 fully saturated rings. The second kappa shape index (κ2) is 5.43. The number of fused-ring (bicyclic) bond motifs is 2. The van der Waals surface area contributed by atoms with Gasteiger partial charge in [-0.2, -0.15) is 0 Å². The molecule has 21 heavy (non-hydrogen) atoms. The van der Waals surface area contributed by atoms with Crippen LogP contribution in [-0.4, -0.2) is 17.8 Å². The van der Waals surface area contributed by atoms with E-state index in [4.69, 9.17) is 9.84 Å². The van der Waals surface area contributed by atoms with Gasteiger partial charge in [-0.15, -0.1) is 11.3 Å². The maximum atomic E-state index is 8.72. The quantitative estimate of drug-likeness (QED) is 0.860. The standard InChI is InChI=1S/C18H24O2S/c1-17(2)14-6-7-18(17,3)16(10-14)20-11-15-9-13(12-21-15)5-4-8-19/h9,12,14,16,19H,6-8,10-11H2,1-3H3. The molecule has 114 valence electrons. The Morgan fingerprint density at radius 3 is 2.86 bits per heavy atom. The van der Waals surface area contributed by atoms with Gasteiger partial charge in [0, 0.05) is 15.8 Å². The summed E-state index contributed by atoms with van der Waals surface area (Å²) in [5.74, 6) is 6.45. The van der Waals surface area contributed by atoms with Crippen LogP contribution in [0, 0.1) is 28.6 Å². The minimum absolute atomic E-state index is 0.0847. The summed E-state index contributed by atoms with van der Waals surface area (Å²) in [6.07, 6.45) is 4.27. The zero-order valence-electron chi connectivity index (χ0n) is 13.1. The van der Waals surface area contributed by atoms with E-state index in [1.807, 2.05) is 5.38 Å². The Hall–Kier alpha value is -0.820. The number of ether oxygens (including phenoxy) is 1. The fourth-order valence-electron chi connectivity index (χ4n) is 4.23. The topological polar surface area (TPSA) is 29.5 Å². The average Bonchev–Trinajstić information content (AvgIpc) is 3.04. The Labute approximate surface area is 131 Å². The molecule has 1 aromatic heterocycles. The highest BCUT2D eigenvalue weighted by atomic mass is 32.1. The summed E-state index contributed by atoms with van der Waals surface area (Å²) in [7, 11) is 0. The van der Waals surface area contributed by atoms with Crippen LogP contribution in [0.25, 0.3) is 0 Å². The van der Waals surface area contributed by atoms with Crippen molar-refractivity contribution in [1.29, 1.82) is 0 Å². The molecule has 1 N–H and O–H groups in total. The Balaban J connectivity index is 1.63. The first-order valence-electron chi connectivity index (χ1n) is 7.76. The number of thiophene rings is 1. The van der Waals surface area contributed by atoms with E-state index >= 15 is 0 Å². The van der Waals surface area contributed by atoms with Crippen LogP contribution in [0.15, 0.2) is 11.4 Å². The lowest BCUT2D eigenvalue weighted by atomic mass is 9.70. The lowest BCUT2D eigenvalue weighted by molar-refractivity contribution is -0.0542. The third kappa shape index (κ3) is 2.44. The van der Waals surface area contributed by atoms with Gasteiger partial charge in [-0.05, 0) is 42.1 Å². The van der Waals surface area contributed by atoms with Crippen LogP contribution < -0.4 is 0 Å². The number of aliphatic hydroxyl groups excluding tert-OH is 1. The van der Waals surface area contributed by atoms with Gasteiger partial charge in [0.15, 0.2) is 0 Å². The van der Waals surface area contributed by atoms with Crippen LogP contribution in [0.3, 0.4) is 0 Å². The Kier molecular flexibility index (Phi) is 3.90. The minimum Gasteiger partial charge on any atom is -0.384 e. The summed E-state index contributed by atoms with van der Waals surface area (Å²) in [5.41, 5.74) is 1.71. The predicted octanol–water partition coefficient (Wildman–Crippen LogP) is 3.82.